The van der Waals surface area contributed by atoms with E-state index in [1.807, 2.05) is 11.8 Å². The van der Waals surface area contributed by atoms with Crippen LogP contribution >= 0.6 is 27.7 Å². The Bertz CT molecular complexity index is 361. The van der Waals surface area contributed by atoms with Gasteiger partial charge in [-0.25, -0.2) is 0 Å². The van der Waals surface area contributed by atoms with E-state index in [0.29, 0.717) is 4.75 Å². The van der Waals surface area contributed by atoms with Crippen LogP contribution in [0.25, 0.3) is 0 Å². The van der Waals surface area contributed by atoms with Gasteiger partial charge in [-0.15, -0.1) is 0 Å². The molecule has 0 unspecified atom stereocenters. The second-order valence-electron chi connectivity index (χ2n) is 4.79. The molecule has 0 bridgehead atoms. The van der Waals surface area contributed by atoms with Gasteiger partial charge in [0, 0.05) is 22.3 Å². The van der Waals surface area contributed by atoms with E-state index < -0.39 is 0 Å². The van der Waals surface area contributed by atoms with Crippen molar-refractivity contribution in [3.63, 3.8) is 0 Å². The first-order valence-electron chi connectivity index (χ1n) is 6.25. The van der Waals surface area contributed by atoms with Crippen LogP contribution in [0, 0.1) is 0 Å². The lowest BCUT2D eigenvalue weighted by molar-refractivity contribution is 0.533. The standard InChI is InChI=1S/C14H20BrNS/c1-17-14(8-4-5-9-14)11-16-10-12-6-2-3-7-13(12)15/h2-3,6-7,16H,4-5,8-11H2,1H3. The van der Waals surface area contributed by atoms with Crippen molar-refractivity contribution in [3.8, 4) is 0 Å². The van der Waals surface area contributed by atoms with E-state index >= 15 is 0 Å². The fourth-order valence-corrected chi connectivity index (χ4v) is 3.91. The highest BCUT2D eigenvalue weighted by Crippen LogP contribution is 2.39. The van der Waals surface area contributed by atoms with Crippen molar-refractivity contribution in [2.75, 3.05) is 12.8 Å². The van der Waals surface area contributed by atoms with Crippen molar-refractivity contribution in [1.29, 1.82) is 0 Å². The maximum absolute atomic E-state index is 3.63. The minimum atomic E-state index is 0.501. The number of benzene rings is 1. The Balaban J connectivity index is 1.85. The molecular weight excluding hydrogens is 294 g/mol. The van der Waals surface area contributed by atoms with Gasteiger partial charge in [0.15, 0.2) is 0 Å². The molecule has 1 N–H and O–H groups in total. The first-order chi connectivity index (χ1) is 8.26. The SMILES string of the molecule is CSC1(CNCc2ccccc2Br)CCCC1. The smallest absolute Gasteiger partial charge is 0.0281 e. The Morgan fingerprint density at radius 1 is 1.29 bits per heavy atom. The summed E-state index contributed by atoms with van der Waals surface area (Å²) in [5, 5.41) is 3.63. The number of hydrogen-bond donors (Lipinski definition) is 1. The maximum Gasteiger partial charge on any atom is 0.0281 e. The highest BCUT2D eigenvalue weighted by atomic mass is 79.9. The van der Waals surface area contributed by atoms with E-state index in [-0.39, 0.29) is 0 Å². The van der Waals surface area contributed by atoms with Crippen LogP contribution in [0.2, 0.25) is 0 Å². The Kier molecular flexibility index (Phi) is 4.95. The lowest BCUT2D eigenvalue weighted by Gasteiger charge is -2.27. The van der Waals surface area contributed by atoms with E-state index in [9.17, 15) is 0 Å². The lowest BCUT2D eigenvalue weighted by Crippen LogP contribution is -2.34. The van der Waals surface area contributed by atoms with Crippen LogP contribution in [-0.4, -0.2) is 17.5 Å². The van der Waals surface area contributed by atoms with Crippen LogP contribution in [0.1, 0.15) is 31.2 Å². The summed E-state index contributed by atoms with van der Waals surface area (Å²) in [6, 6.07) is 8.45. The molecule has 0 saturated heterocycles. The molecule has 1 aliphatic carbocycles. The number of halogens is 1. The Labute approximate surface area is 117 Å². The van der Waals surface area contributed by atoms with Crippen molar-refractivity contribution in [3.05, 3.63) is 34.3 Å². The first-order valence-corrected chi connectivity index (χ1v) is 8.27. The molecule has 0 aliphatic heterocycles. The van der Waals surface area contributed by atoms with Crippen molar-refractivity contribution in [2.45, 2.75) is 37.0 Å². The molecular formula is C14H20BrNS. The van der Waals surface area contributed by atoms with Crippen LogP contribution in [0.15, 0.2) is 28.7 Å². The molecule has 0 spiro atoms. The highest BCUT2D eigenvalue weighted by Gasteiger charge is 2.32. The Morgan fingerprint density at radius 3 is 2.65 bits per heavy atom. The molecule has 1 fully saturated rings. The highest BCUT2D eigenvalue weighted by molar-refractivity contribution is 9.10. The average molecular weight is 314 g/mol. The van der Waals surface area contributed by atoms with E-state index in [1.165, 1.54) is 35.7 Å². The predicted molar refractivity (Wildman–Crippen MR) is 80.6 cm³/mol. The van der Waals surface area contributed by atoms with Crippen molar-refractivity contribution in [1.82, 2.24) is 5.32 Å². The number of thioether (sulfide) groups is 1. The van der Waals surface area contributed by atoms with Gasteiger partial charge in [-0.05, 0) is 30.7 Å². The van der Waals surface area contributed by atoms with E-state index in [4.69, 9.17) is 0 Å². The van der Waals surface area contributed by atoms with Crippen molar-refractivity contribution in [2.24, 2.45) is 0 Å². The van der Waals surface area contributed by atoms with Gasteiger partial charge >= 0.3 is 0 Å². The summed E-state index contributed by atoms with van der Waals surface area (Å²) in [5.74, 6) is 0. The van der Waals surface area contributed by atoms with Gasteiger partial charge in [-0.1, -0.05) is 47.0 Å². The zero-order valence-corrected chi connectivity index (χ0v) is 12.7. The third kappa shape index (κ3) is 3.49. The average Bonchev–Trinajstić information content (AvgIpc) is 2.81. The third-order valence-corrected chi connectivity index (χ3v) is 5.86. The van der Waals surface area contributed by atoms with Crippen LogP contribution < -0.4 is 5.32 Å². The third-order valence-electron chi connectivity index (χ3n) is 3.67. The predicted octanol–water partition coefficient (Wildman–Crippen LogP) is 4.21. The molecule has 1 aliphatic rings. The second kappa shape index (κ2) is 6.26. The normalized spacial score (nSPS) is 18.5. The van der Waals surface area contributed by atoms with Crippen molar-refractivity contribution >= 4 is 27.7 Å². The summed E-state index contributed by atoms with van der Waals surface area (Å²) in [6.45, 7) is 2.10. The van der Waals surface area contributed by atoms with Crippen molar-refractivity contribution < 1.29 is 0 Å². The lowest BCUT2D eigenvalue weighted by atomic mass is 10.1. The fourth-order valence-electron chi connectivity index (χ4n) is 2.54. The van der Waals surface area contributed by atoms with Crippen LogP contribution in [-0.2, 0) is 6.54 Å². The number of rotatable bonds is 5. The molecule has 1 saturated carbocycles. The molecule has 1 nitrogen and oxygen atoms in total. The van der Waals surface area contributed by atoms with E-state index in [2.05, 4.69) is 51.8 Å². The molecule has 3 heteroatoms. The topological polar surface area (TPSA) is 12.0 Å². The molecule has 17 heavy (non-hydrogen) atoms. The molecule has 0 heterocycles. The zero-order chi connectivity index (χ0) is 12.1. The fraction of sp³-hybridized carbons (Fsp3) is 0.571. The maximum atomic E-state index is 3.63. The summed E-state index contributed by atoms with van der Waals surface area (Å²) < 4.78 is 1.71. The van der Waals surface area contributed by atoms with E-state index in [0.717, 1.165) is 13.1 Å². The zero-order valence-electron chi connectivity index (χ0n) is 10.3. The van der Waals surface area contributed by atoms with Gasteiger partial charge in [-0.3, -0.25) is 0 Å². The van der Waals surface area contributed by atoms with Gasteiger partial charge in [0.2, 0.25) is 0 Å². The second-order valence-corrected chi connectivity index (χ2v) is 6.92. The van der Waals surface area contributed by atoms with Crippen LogP contribution in [0.3, 0.4) is 0 Å². The molecule has 94 valence electrons. The molecule has 2 rings (SSSR count). The Hall–Kier alpha value is 0.01000. The van der Waals surface area contributed by atoms with Gasteiger partial charge in [0.1, 0.15) is 0 Å². The monoisotopic (exact) mass is 313 g/mol. The van der Waals surface area contributed by atoms with E-state index in [1.54, 1.807) is 0 Å². The van der Waals surface area contributed by atoms with Crippen LogP contribution in [0.4, 0.5) is 0 Å². The summed E-state index contributed by atoms with van der Waals surface area (Å²) in [5.41, 5.74) is 1.35. The largest absolute Gasteiger partial charge is 0.311 e. The minimum absolute atomic E-state index is 0.501. The molecule has 0 radical (unpaired) electrons. The summed E-state index contributed by atoms with van der Waals surface area (Å²) in [4.78, 5) is 0. The minimum Gasteiger partial charge on any atom is -0.311 e. The molecule has 0 aromatic heterocycles. The number of hydrogen-bond acceptors (Lipinski definition) is 2. The first kappa shape index (κ1) is 13.4. The summed E-state index contributed by atoms with van der Waals surface area (Å²) in [6.07, 6.45) is 7.80. The molecule has 0 atom stereocenters. The Morgan fingerprint density at radius 2 is 2.00 bits per heavy atom. The van der Waals surface area contributed by atoms with Gasteiger partial charge < -0.3 is 5.32 Å². The van der Waals surface area contributed by atoms with Gasteiger partial charge in [0.05, 0.1) is 0 Å². The molecule has 0 amide bonds. The quantitative estimate of drug-likeness (QED) is 0.873. The van der Waals surface area contributed by atoms with Gasteiger partial charge in [0.25, 0.3) is 0 Å². The molecule has 1 aromatic carbocycles. The molecule has 1 aromatic rings. The number of nitrogens with one attached hydrogen (secondary N) is 1. The summed E-state index contributed by atoms with van der Waals surface area (Å²) in [7, 11) is 0. The van der Waals surface area contributed by atoms with Gasteiger partial charge in [-0.2, -0.15) is 11.8 Å². The summed E-state index contributed by atoms with van der Waals surface area (Å²) >= 11 is 5.64. The van der Waals surface area contributed by atoms with Crippen LogP contribution in [0.5, 0.6) is 0 Å².